The molecule has 0 aromatic heterocycles. The Morgan fingerprint density at radius 3 is 2.89 bits per heavy atom. The third-order valence-electron chi connectivity index (χ3n) is 5.03. The molecule has 1 heterocycles. The zero-order valence-corrected chi connectivity index (χ0v) is 12.6. The SMILES string of the molecule is CCNC(=O)C1CNCCN1C1CCCC(C)C1C. The summed E-state index contributed by atoms with van der Waals surface area (Å²) in [6.07, 6.45) is 3.90. The Kier molecular flexibility index (Phi) is 5.22. The maximum absolute atomic E-state index is 12.2. The van der Waals surface area contributed by atoms with E-state index < -0.39 is 0 Å². The lowest BCUT2D eigenvalue weighted by Gasteiger charge is -2.46. The number of hydrogen-bond acceptors (Lipinski definition) is 3. The number of carbonyl (C=O) groups excluding carboxylic acids is 1. The van der Waals surface area contributed by atoms with Gasteiger partial charge in [-0.25, -0.2) is 0 Å². The van der Waals surface area contributed by atoms with E-state index in [4.69, 9.17) is 0 Å². The highest BCUT2D eigenvalue weighted by Gasteiger charge is 2.38. The molecule has 19 heavy (non-hydrogen) atoms. The first-order chi connectivity index (χ1) is 9.15. The van der Waals surface area contributed by atoms with Crippen LogP contribution >= 0.6 is 0 Å². The van der Waals surface area contributed by atoms with Gasteiger partial charge >= 0.3 is 0 Å². The van der Waals surface area contributed by atoms with Gasteiger partial charge in [0, 0.05) is 32.2 Å². The quantitative estimate of drug-likeness (QED) is 0.808. The molecule has 0 aromatic carbocycles. The topological polar surface area (TPSA) is 44.4 Å². The van der Waals surface area contributed by atoms with Crippen molar-refractivity contribution in [2.45, 2.75) is 52.1 Å². The van der Waals surface area contributed by atoms with Gasteiger partial charge in [-0.3, -0.25) is 9.69 Å². The Morgan fingerprint density at radius 1 is 1.37 bits per heavy atom. The highest BCUT2D eigenvalue weighted by Crippen LogP contribution is 2.34. The van der Waals surface area contributed by atoms with E-state index in [1.165, 1.54) is 19.3 Å². The molecule has 4 unspecified atom stereocenters. The minimum absolute atomic E-state index is 0.0199. The lowest BCUT2D eigenvalue weighted by atomic mass is 9.76. The second-order valence-corrected chi connectivity index (χ2v) is 6.19. The highest BCUT2D eigenvalue weighted by atomic mass is 16.2. The Hall–Kier alpha value is -0.610. The fourth-order valence-electron chi connectivity index (χ4n) is 3.67. The van der Waals surface area contributed by atoms with Gasteiger partial charge in [-0.1, -0.05) is 26.7 Å². The van der Waals surface area contributed by atoms with Crippen LogP contribution in [-0.4, -0.2) is 49.1 Å². The Bertz CT molecular complexity index is 308. The first-order valence-corrected chi connectivity index (χ1v) is 7.89. The van der Waals surface area contributed by atoms with Crippen molar-refractivity contribution in [1.29, 1.82) is 0 Å². The number of likely N-dealkylation sites (N-methyl/N-ethyl adjacent to an activating group) is 1. The molecule has 2 fully saturated rings. The van der Waals surface area contributed by atoms with Gasteiger partial charge in [0.2, 0.25) is 5.91 Å². The van der Waals surface area contributed by atoms with Gasteiger partial charge in [-0.2, -0.15) is 0 Å². The Labute approximate surface area is 117 Å². The summed E-state index contributed by atoms with van der Waals surface area (Å²) in [6.45, 7) is 10.2. The standard InChI is InChI=1S/C15H29N3O/c1-4-17-15(19)14-10-16-8-9-18(14)13-7-5-6-11(2)12(13)3/h11-14,16H,4-10H2,1-3H3,(H,17,19). The van der Waals surface area contributed by atoms with Crippen molar-refractivity contribution < 1.29 is 4.79 Å². The average Bonchev–Trinajstić information content (AvgIpc) is 2.42. The van der Waals surface area contributed by atoms with Gasteiger partial charge < -0.3 is 10.6 Å². The number of hydrogen-bond donors (Lipinski definition) is 2. The minimum Gasteiger partial charge on any atom is -0.355 e. The zero-order chi connectivity index (χ0) is 13.8. The average molecular weight is 267 g/mol. The zero-order valence-electron chi connectivity index (χ0n) is 12.6. The molecule has 1 amide bonds. The normalized spacial score (nSPS) is 37.0. The summed E-state index contributed by atoms with van der Waals surface area (Å²) in [6, 6.07) is 0.602. The predicted molar refractivity (Wildman–Crippen MR) is 78.0 cm³/mol. The highest BCUT2D eigenvalue weighted by molar-refractivity contribution is 5.82. The Balaban J connectivity index is 2.07. The monoisotopic (exact) mass is 267 g/mol. The van der Waals surface area contributed by atoms with Crippen LogP contribution in [0.5, 0.6) is 0 Å². The summed E-state index contributed by atoms with van der Waals surface area (Å²) in [4.78, 5) is 14.7. The van der Waals surface area contributed by atoms with Crippen LogP contribution in [0.3, 0.4) is 0 Å². The van der Waals surface area contributed by atoms with Crippen LogP contribution in [0.1, 0.15) is 40.0 Å². The second kappa shape index (κ2) is 6.71. The van der Waals surface area contributed by atoms with Crippen molar-refractivity contribution in [3.05, 3.63) is 0 Å². The summed E-state index contributed by atoms with van der Waals surface area (Å²) in [5.74, 6) is 1.67. The molecule has 2 rings (SSSR count). The number of piperazine rings is 1. The van der Waals surface area contributed by atoms with Crippen LogP contribution < -0.4 is 10.6 Å². The fraction of sp³-hybridized carbons (Fsp3) is 0.933. The van der Waals surface area contributed by atoms with Gasteiger partial charge in [0.05, 0.1) is 0 Å². The van der Waals surface area contributed by atoms with E-state index in [2.05, 4.69) is 29.4 Å². The Morgan fingerprint density at radius 2 is 2.16 bits per heavy atom. The lowest BCUT2D eigenvalue weighted by Crippen LogP contribution is -2.62. The number of carbonyl (C=O) groups is 1. The van der Waals surface area contributed by atoms with Gasteiger partial charge in [0.15, 0.2) is 0 Å². The maximum Gasteiger partial charge on any atom is 0.238 e. The maximum atomic E-state index is 12.2. The van der Waals surface area contributed by atoms with E-state index in [9.17, 15) is 4.79 Å². The smallest absolute Gasteiger partial charge is 0.238 e. The summed E-state index contributed by atoms with van der Waals surface area (Å²) < 4.78 is 0. The number of amides is 1. The van der Waals surface area contributed by atoms with E-state index in [-0.39, 0.29) is 11.9 Å². The van der Waals surface area contributed by atoms with Crippen LogP contribution in [0, 0.1) is 11.8 Å². The molecule has 0 spiro atoms. The van der Waals surface area contributed by atoms with E-state index in [0.29, 0.717) is 12.0 Å². The van der Waals surface area contributed by atoms with Crippen molar-refractivity contribution in [3.63, 3.8) is 0 Å². The van der Waals surface area contributed by atoms with Gasteiger partial charge in [-0.15, -0.1) is 0 Å². The third kappa shape index (κ3) is 3.29. The van der Waals surface area contributed by atoms with Crippen LogP contribution in [-0.2, 0) is 4.79 Å². The molecule has 0 radical (unpaired) electrons. The molecular formula is C15H29N3O. The van der Waals surface area contributed by atoms with E-state index in [1.807, 2.05) is 6.92 Å². The minimum atomic E-state index is 0.0199. The van der Waals surface area contributed by atoms with Crippen molar-refractivity contribution in [2.24, 2.45) is 11.8 Å². The van der Waals surface area contributed by atoms with Gasteiger partial charge in [-0.05, 0) is 25.2 Å². The van der Waals surface area contributed by atoms with E-state index in [1.54, 1.807) is 0 Å². The first kappa shape index (κ1) is 14.8. The summed E-state index contributed by atoms with van der Waals surface area (Å²) in [7, 11) is 0. The molecule has 2 N–H and O–H groups in total. The molecule has 1 aliphatic heterocycles. The lowest BCUT2D eigenvalue weighted by molar-refractivity contribution is -0.129. The van der Waals surface area contributed by atoms with Crippen LogP contribution in [0.2, 0.25) is 0 Å². The van der Waals surface area contributed by atoms with Crippen LogP contribution in [0.4, 0.5) is 0 Å². The largest absolute Gasteiger partial charge is 0.355 e. The molecule has 0 bridgehead atoms. The van der Waals surface area contributed by atoms with E-state index >= 15 is 0 Å². The molecule has 0 aromatic rings. The van der Waals surface area contributed by atoms with Gasteiger partial charge in [0.1, 0.15) is 6.04 Å². The molecular weight excluding hydrogens is 238 g/mol. The molecule has 1 aliphatic carbocycles. The molecule has 2 aliphatic rings. The number of nitrogens with one attached hydrogen (secondary N) is 2. The summed E-state index contributed by atoms with van der Waals surface area (Å²) >= 11 is 0. The summed E-state index contributed by atoms with van der Waals surface area (Å²) in [5.41, 5.74) is 0. The molecule has 1 saturated carbocycles. The number of rotatable bonds is 3. The first-order valence-electron chi connectivity index (χ1n) is 7.89. The fourth-order valence-corrected chi connectivity index (χ4v) is 3.67. The second-order valence-electron chi connectivity index (χ2n) is 6.19. The predicted octanol–water partition coefficient (Wildman–Crippen LogP) is 1.22. The van der Waals surface area contributed by atoms with Crippen molar-refractivity contribution >= 4 is 5.91 Å². The van der Waals surface area contributed by atoms with E-state index in [0.717, 1.165) is 32.1 Å². The molecule has 4 atom stereocenters. The third-order valence-corrected chi connectivity index (χ3v) is 5.03. The molecule has 1 saturated heterocycles. The molecule has 4 nitrogen and oxygen atoms in total. The van der Waals surface area contributed by atoms with Gasteiger partial charge in [0.25, 0.3) is 0 Å². The van der Waals surface area contributed by atoms with Crippen LogP contribution in [0.15, 0.2) is 0 Å². The summed E-state index contributed by atoms with van der Waals surface area (Å²) in [5, 5.41) is 6.36. The molecule has 4 heteroatoms. The van der Waals surface area contributed by atoms with Crippen molar-refractivity contribution in [1.82, 2.24) is 15.5 Å². The molecule has 110 valence electrons. The number of nitrogens with zero attached hydrogens (tertiary/aromatic N) is 1. The van der Waals surface area contributed by atoms with Crippen molar-refractivity contribution in [2.75, 3.05) is 26.2 Å². The van der Waals surface area contributed by atoms with Crippen molar-refractivity contribution in [3.8, 4) is 0 Å². The van der Waals surface area contributed by atoms with Crippen LogP contribution in [0.25, 0.3) is 0 Å².